The maximum absolute atomic E-state index is 6.03. The van der Waals surface area contributed by atoms with Gasteiger partial charge in [-0.1, -0.05) is 48.0 Å². The summed E-state index contributed by atoms with van der Waals surface area (Å²) in [4.78, 5) is 0. The van der Waals surface area contributed by atoms with Crippen molar-refractivity contribution in [3.8, 4) is 0 Å². The van der Waals surface area contributed by atoms with E-state index in [1.54, 1.807) is 5.01 Å². The third-order valence-corrected chi connectivity index (χ3v) is 2.85. The van der Waals surface area contributed by atoms with Crippen LogP contribution in [0.4, 0.5) is 5.69 Å². The number of nitrogens with zero attached hydrogens (tertiary/aromatic N) is 1. The summed E-state index contributed by atoms with van der Waals surface area (Å²) in [6.45, 7) is 2.90. The second-order valence-corrected chi connectivity index (χ2v) is 4.26. The number of hydrogen-bond donors (Lipinski definition) is 1. The van der Waals surface area contributed by atoms with E-state index in [2.05, 4.69) is 55.5 Å². The van der Waals surface area contributed by atoms with Gasteiger partial charge in [-0.3, -0.25) is 0 Å². The van der Waals surface area contributed by atoms with E-state index in [0.717, 1.165) is 18.7 Å². The Labute approximate surface area is 103 Å². The van der Waals surface area contributed by atoms with Crippen LogP contribution in [-0.4, -0.2) is 6.54 Å². The van der Waals surface area contributed by atoms with E-state index in [0.29, 0.717) is 0 Å². The predicted octanol–water partition coefficient (Wildman–Crippen LogP) is 2.92. The molecular formula is C15H18N2. The Hall–Kier alpha value is -1.80. The Kier molecular flexibility index (Phi) is 3.78. The molecule has 88 valence electrons. The Morgan fingerprint density at radius 3 is 2.24 bits per heavy atom. The standard InChI is InChI=1S/C15H18N2/c1-13-7-9-15(10-8-13)17(16)12-11-14-5-3-2-4-6-14/h2-10H,11-12,16H2,1H3. The quantitative estimate of drug-likeness (QED) is 0.641. The van der Waals surface area contributed by atoms with Crippen molar-refractivity contribution in [3.05, 3.63) is 65.7 Å². The number of rotatable bonds is 4. The van der Waals surface area contributed by atoms with Crippen molar-refractivity contribution in [1.29, 1.82) is 0 Å². The minimum atomic E-state index is 0.826. The molecule has 0 atom stereocenters. The van der Waals surface area contributed by atoms with Crippen molar-refractivity contribution in [3.63, 3.8) is 0 Å². The second kappa shape index (κ2) is 5.51. The van der Waals surface area contributed by atoms with Crippen LogP contribution in [-0.2, 0) is 6.42 Å². The third-order valence-electron chi connectivity index (χ3n) is 2.85. The number of anilines is 1. The molecule has 0 aromatic heterocycles. The number of nitrogens with two attached hydrogens (primary N) is 1. The van der Waals surface area contributed by atoms with Crippen molar-refractivity contribution in [1.82, 2.24) is 0 Å². The zero-order valence-corrected chi connectivity index (χ0v) is 10.1. The lowest BCUT2D eigenvalue weighted by Gasteiger charge is -2.18. The number of hydrogen-bond acceptors (Lipinski definition) is 2. The average molecular weight is 226 g/mol. The van der Waals surface area contributed by atoms with Crippen molar-refractivity contribution < 1.29 is 0 Å². The van der Waals surface area contributed by atoms with Gasteiger partial charge in [0.25, 0.3) is 0 Å². The van der Waals surface area contributed by atoms with Crippen molar-refractivity contribution >= 4 is 5.69 Å². The van der Waals surface area contributed by atoms with Crippen molar-refractivity contribution in [2.75, 3.05) is 11.6 Å². The molecule has 0 amide bonds. The van der Waals surface area contributed by atoms with Crippen LogP contribution in [0.25, 0.3) is 0 Å². The molecule has 0 aliphatic heterocycles. The van der Waals surface area contributed by atoms with Gasteiger partial charge >= 0.3 is 0 Å². The van der Waals surface area contributed by atoms with Gasteiger partial charge in [0.1, 0.15) is 0 Å². The SMILES string of the molecule is Cc1ccc(N(N)CCc2ccccc2)cc1. The molecule has 0 aliphatic rings. The van der Waals surface area contributed by atoms with Crippen molar-refractivity contribution in [2.45, 2.75) is 13.3 Å². The molecule has 0 aliphatic carbocycles. The molecule has 0 saturated carbocycles. The first-order valence-corrected chi connectivity index (χ1v) is 5.88. The van der Waals surface area contributed by atoms with E-state index in [4.69, 9.17) is 5.84 Å². The third kappa shape index (κ3) is 3.33. The molecule has 2 aromatic rings. The summed E-state index contributed by atoms with van der Waals surface area (Å²) >= 11 is 0. The summed E-state index contributed by atoms with van der Waals surface area (Å²) in [5, 5.41) is 1.80. The van der Waals surface area contributed by atoms with Gasteiger partial charge < -0.3 is 5.01 Å². The maximum atomic E-state index is 6.03. The summed E-state index contributed by atoms with van der Waals surface area (Å²) in [5.74, 6) is 6.03. The van der Waals surface area contributed by atoms with Crippen LogP contribution in [0.3, 0.4) is 0 Å². The molecule has 17 heavy (non-hydrogen) atoms. The molecule has 2 N–H and O–H groups in total. The summed E-state index contributed by atoms with van der Waals surface area (Å²) in [6.07, 6.45) is 0.964. The number of benzene rings is 2. The van der Waals surface area contributed by atoms with E-state index in [1.807, 2.05) is 6.07 Å². The molecule has 0 bridgehead atoms. The molecule has 2 aromatic carbocycles. The van der Waals surface area contributed by atoms with Gasteiger partial charge in [0, 0.05) is 6.54 Å². The second-order valence-electron chi connectivity index (χ2n) is 4.26. The number of hydrazine groups is 1. The molecule has 0 heterocycles. The highest BCUT2D eigenvalue weighted by atomic mass is 15.4. The normalized spacial score (nSPS) is 10.2. The Balaban J connectivity index is 1.93. The van der Waals surface area contributed by atoms with Gasteiger partial charge in [0.2, 0.25) is 0 Å². The highest BCUT2D eigenvalue weighted by Gasteiger charge is 2.01. The van der Waals surface area contributed by atoms with E-state index in [-0.39, 0.29) is 0 Å². The topological polar surface area (TPSA) is 29.3 Å². The molecular weight excluding hydrogens is 208 g/mol. The van der Waals surface area contributed by atoms with E-state index in [9.17, 15) is 0 Å². The summed E-state index contributed by atoms with van der Waals surface area (Å²) in [6, 6.07) is 18.7. The summed E-state index contributed by atoms with van der Waals surface area (Å²) in [5.41, 5.74) is 3.63. The highest BCUT2D eigenvalue weighted by Crippen LogP contribution is 2.12. The zero-order valence-electron chi connectivity index (χ0n) is 10.1. The van der Waals surface area contributed by atoms with Crippen molar-refractivity contribution in [2.24, 2.45) is 5.84 Å². The van der Waals surface area contributed by atoms with Crippen LogP contribution in [0, 0.1) is 6.92 Å². The summed E-state index contributed by atoms with van der Waals surface area (Å²) < 4.78 is 0. The Bertz CT molecular complexity index is 448. The van der Waals surface area contributed by atoms with E-state index in [1.165, 1.54) is 11.1 Å². The summed E-state index contributed by atoms with van der Waals surface area (Å²) in [7, 11) is 0. The van der Waals surface area contributed by atoms with Crippen LogP contribution in [0.15, 0.2) is 54.6 Å². The number of aryl methyl sites for hydroxylation is 1. The first kappa shape index (κ1) is 11.7. The van der Waals surface area contributed by atoms with Crippen LogP contribution in [0.1, 0.15) is 11.1 Å². The average Bonchev–Trinajstić information content (AvgIpc) is 2.38. The Morgan fingerprint density at radius 2 is 1.59 bits per heavy atom. The van der Waals surface area contributed by atoms with Gasteiger partial charge in [0.15, 0.2) is 0 Å². The molecule has 0 fully saturated rings. The molecule has 2 heteroatoms. The molecule has 2 nitrogen and oxygen atoms in total. The first-order valence-electron chi connectivity index (χ1n) is 5.88. The monoisotopic (exact) mass is 226 g/mol. The van der Waals surface area contributed by atoms with Gasteiger partial charge in [-0.2, -0.15) is 0 Å². The largest absolute Gasteiger partial charge is 0.311 e. The van der Waals surface area contributed by atoms with Gasteiger partial charge in [-0.15, -0.1) is 0 Å². The lowest BCUT2D eigenvalue weighted by atomic mass is 10.1. The van der Waals surface area contributed by atoms with Gasteiger partial charge in [-0.05, 0) is 31.0 Å². The molecule has 0 unspecified atom stereocenters. The van der Waals surface area contributed by atoms with Gasteiger partial charge in [0.05, 0.1) is 5.69 Å². The minimum absolute atomic E-state index is 0.826. The molecule has 2 rings (SSSR count). The first-order chi connectivity index (χ1) is 8.25. The van der Waals surface area contributed by atoms with E-state index >= 15 is 0 Å². The lowest BCUT2D eigenvalue weighted by Crippen LogP contribution is -2.32. The Morgan fingerprint density at radius 1 is 0.941 bits per heavy atom. The van der Waals surface area contributed by atoms with E-state index < -0.39 is 0 Å². The smallest absolute Gasteiger partial charge is 0.0517 e. The van der Waals surface area contributed by atoms with Crippen LogP contribution < -0.4 is 10.9 Å². The van der Waals surface area contributed by atoms with Crippen LogP contribution in [0.5, 0.6) is 0 Å². The minimum Gasteiger partial charge on any atom is -0.311 e. The fourth-order valence-electron chi connectivity index (χ4n) is 1.76. The van der Waals surface area contributed by atoms with Crippen LogP contribution >= 0.6 is 0 Å². The van der Waals surface area contributed by atoms with Gasteiger partial charge in [-0.25, -0.2) is 5.84 Å². The highest BCUT2D eigenvalue weighted by molar-refractivity contribution is 5.46. The fraction of sp³-hybridized carbons (Fsp3) is 0.200. The zero-order chi connectivity index (χ0) is 12.1. The lowest BCUT2D eigenvalue weighted by molar-refractivity contribution is 0.824. The predicted molar refractivity (Wildman–Crippen MR) is 72.9 cm³/mol. The van der Waals surface area contributed by atoms with Crippen LogP contribution in [0.2, 0.25) is 0 Å². The molecule has 0 spiro atoms. The fourth-order valence-corrected chi connectivity index (χ4v) is 1.76. The molecule has 0 saturated heterocycles. The maximum Gasteiger partial charge on any atom is 0.0517 e. The molecule has 0 radical (unpaired) electrons.